The molecule has 134 valence electrons. The highest BCUT2D eigenvalue weighted by molar-refractivity contribution is 5.76. The van der Waals surface area contributed by atoms with Gasteiger partial charge in [-0.3, -0.25) is 4.79 Å². The largest absolute Gasteiger partial charge is 0.493 e. The topological polar surface area (TPSA) is 91.3 Å². The molecule has 1 saturated heterocycles. The van der Waals surface area contributed by atoms with Crippen LogP contribution in [0.5, 0.6) is 5.75 Å². The van der Waals surface area contributed by atoms with Crippen molar-refractivity contribution in [2.45, 2.75) is 38.7 Å². The van der Waals surface area contributed by atoms with Crippen LogP contribution in [0.25, 0.3) is 0 Å². The molecule has 2 aromatic rings. The Morgan fingerprint density at radius 3 is 2.80 bits per heavy atom. The van der Waals surface area contributed by atoms with Gasteiger partial charge in [0.05, 0.1) is 25.8 Å². The van der Waals surface area contributed by atoms with Gasteiger partial charge in [0.2, 0.25) is 5.91 Å². The van der Waals surface area contributed by atoms with Gasteiger partial charge in [0, 0.05) is 6.54 Å². The number of hydrogen-bond acceptors (Lipinski definition) is 5. The number of aliphatic hydroxyl groups is 1. The lowest BCUT2D eigenvalue weighted by atomic mass is 9.90. The van der Waals surface area contributed by atoms with E-state index in [1.54, 1.807) is 4.90 Å². The van der Waals surface area contributed by atoms with Gasteiger partial charge in [0.25, 0.3) is 0 Å². The van der Waals surface area contributed by atoms with Crippen LogP contribution in [0.1, 0.15) is 36.1 Å². The van der Waals surface area contributed by atoms with Crippen molar-refractivity contribution in [3.05, 3.63) is 41.2 Å². The molecular weight excluding hydrogens is 320 g/mol. The molecule has 2 N–H and O–H groups in total. The van der Waals surface area contributed by atoms with Crippen molar-refractivity contribution < 1.29 is 14.6 Å². The van der Waals surface area contributed by atoms with Crippen molar-refractivity contribution in [1.82, 2.24) is 20.3 Å². The van der Waals surface area contributed by atoms with Crippen LogP contribution in [-0.2, 0) is 10.4 Å². The van der Waals surface area contributed by atoms with E-state index in [0.29, 0.717) is 25.3 Å². The molecule has 0 radical (unpaired) electrons. The summed E-state index contributed by atoms with van der Waals surface area (Å²) in [7, 11) is 0. The van der Waals surface area contributed by atoms with E-state index in [1.807, 2.05) is 26.0 Å². The van der Waals surface area contributed by atoms with Crippen LogP contribution >= 0.6 is 0 Å². The third-order valence-electron chi connectivity index (χ3n) is 4.50. The zero-order chi connectivity index (χ0) is 17.9. The monoisotopic (exact) mass is 344 g/mol. The van der Waals surface area contributed by atoms with Crippen LogP contribution in [0.4, 0.5) is 0 Å². The standard InChI is InChI=1S/C18H24N4O3/c1-13-8-14(2)10-15(9-13)25-7-4-17(23)22-6-3-5-18(24,12-22)16-11-19-21-20-16/h8-11,24H,3-7,12H2,1-2H3,(H,19,20,21)/t18-/m1/s1. The quantitative estimate of drug-likeness (QED) is 0.861. The fourth-order valence-electron chi connectivity index (χ4n) is 3.31. The second kappa shape index (κ2) is 7.23. The maximum atomic E-state index is 12.5. The number of ether oxygens (including phenoxy) is 1. The molecule has 1 aliphatic heterocycles. The number of amides is 1. The molecule has 0 bridgehead atoms. The molecule has 25 heavy (non-hydrogen) atoms. The van der Waals surface area contributed by atoms with E-state index in [9.17, 15) is 9.90 Å². The Morgan fingerprint density at radius 1 is 1.36 bits per heavy atom. The fourth-order valence-corrected chi connectivity index (χ4v) is 3.31. The Hall–Kier alpha value is -2.41. The van der Waals surface area contributed by atoms with Crippen LogP contribution in [0.15, 0.2) is 24.4 Å². The van der Waals surface area contributed by atoms with Gasteiger partial charge in [-0.2, -0.15) is 15.4 Å². The van der Waals surface area contributed by atoms with E-state index >= 15 is 0 Å². The number of piperidine rings is 1. The fraction of sp³-hybridized carbons (Fsp3) is 0.500. The zero-order valence-electron chi connectivity index (χ0n) is 14.7. The molecule has 0 unspecified atom stereocenters. The lowest BCUT2D eigenvalue weighted by Gasteiger charge is -2.38. The smallest absolute Gasteiger partial charge is 0.226 e. The number of aromatic nitrogens is 3. The first-order valence-corrected chi connectivity index (χ1v) is 8.54. The first-order chi connectivity index (χ1) is 12.0. The van der Waals surface area contributed by atoms with Gasteiger partial charge < -0.3 is 14.7 Å². The van der Waals surface area contributed by atoms with E-state index in [0.717, 1.165) is 23.3 Å². The number of aromatic amines is 1. The van der Waals surface area contributed by atoms with Crippen LogP contribution < -0.4 is 4.74 Å². The number of carbonyl (C=O) groups excluding carboxylic acids is 1. The molecule has 1 fully saturated rings. The van der Waals surface area contributed by atoms with Crippen LogP contribution in [0.3, 0.4) is 0 Å². The van der Waals surface area contributed by atoms with Gasteiger partial charge in [0.1, 0.15) is 17.0 Å². The Kier molecular flexibility index (Phi) is 5.03. The maximum absolute atomic E-state index is 12.5. The summed E-state index contributed by atoms with van der Waals surface area (Å²) < 4.78 is 5.72. The van der Waals surface area contributed by atoms with E-state index in [-0.39, 0.29) is 18.9 Å². The summed E-state index contributed by atoms with van der Waals surface area (Å²) in [5.74, 6) is 0.758. The highest BCUT2D eigenvalue weighted by Crippen LogP contribution is 2.30. The van der Waals surface area contributed by atoms with E-state index in [2.05, 4.69) is 21.5 Å². The number of benzene rings is 1. The summed E-state index contributed by atoms with van der Waals surface area (Å²) in [6, 6.07) is 6.00. The van der Waals surface area contributed by atoms with Crippen LogP contribution in [0.2, 0.25) is 0 Å². The van der Waals surface area contributed by atoms with Crippen molar-refractivity contribution in [3.8, 4) is 5.75 Å². The lowest BCUT2D eigenvalue weighted by Crippen LogP contribution is -2.49. The van der Waals surface area contributed by atoms with Crippen molar-refractivity contribution in [2.24, 2.45) is 0 Å². The molecule has 7 heteroatoms. The van der Waals surface area contributed by atoms with Crippen molar-refractivity contribution in [2.75, 3.05) is 19.7 Å². The molecule has 0 saturated carbocycles. The van der Waals surface area contributed by atoms with Gasteiger partial charge >= 0.3 is 0 Å². The summed E-state index contributed by atoms with van der Waals surface area (Å²) in [6.45, 7) is 5.23. The molecule has 1 amide bonds. The first-order valence-electron chi connectivity index (χ1n) is 8.54. The molecule has 1 aliphatic rings. The van der Waals surface area contributed by atoms with Crippen LogP contribution in [-0.4, -0.2) is 51.0 Å². The number of nitrogens with zero attached hydrogens (tertiary/aromatic N) is 3. The molecule has 0 aliphatic carbocycles. The van der Waals surface area contributed by atoms with Gasteiger partial charge in [-0.05, 0) is 49.9 Å². The van der Waals surface area contributed by atoms with Crippen molar-refractivity contribution >= 4 is 5.91 Å². The molecule has 1 atom stereocenters. The average Bonchev–Trinajstić information content (AvgIpc) is 3.09. The molecule has 3 rings (SSSR count). The number of carbonyl (C=O) groups is 1. The summed E-state index contributed by atoms with van der Waals surface area (Å²) >= 11 is 0. The predicted molar refractivity (Wildman–Crippen MR) is 92.1 cm³/mol. The minimum absolute atomic E-state index is 0.0222. The zero-order valence-corrected chi connectivity index (χ0v) is 14.7. The van der Waals surface area contributed by atoms with E-state index < -0.39 is 5.60 Å². The third kappa shape index (κ3) is 4.17. The minimum atomic E-state index is -1.13. The average molecular weight is 344 g/mol. The minimum Gasteiger partial charge on any atom is -0.493 e. The summed E-state index contributed by atoms with van der Waals surface area (Å²) in [4.78, 5) is 14.2. The third-order valence-corrected chi connectivity index (χ3v) is 4.50. The molecule has 0 spiro atoms. The number of H-pyrrole nitrogens is 1. The van der Waals surface area contributed by atoms with Crippen molar-refractivity contribution in [3.63, 3.8) is 0 Å². The summed E-state index contributed by atoms with van der Waals surface area (Å²) in [5, 5.41) is 21.0. The number of hydrogen-bond donors (Lipinski definition) is 2. The molecule has 1 aromatic heterocycles. The number of likely N-dealkylation sites (tertiary alicyclic amines) is 1. The molecule has 1 aromatic carbocycles. The second-order valence-corrected chi connectivity index (χ2v) is 6.73. The van der Waals surface area contributed by atoms with Crippen molar-refractivity contribution in [1.29, 1.82) is 0 Å². The Morgan fingerprint density at radius 2 is 2.12 bits per heavy atom. The molecule has 2 heterocycles. The van der Waals surface area contributed by atoms with Gasteiger partial charge in [-0.25, -0.2) is 0 Å². The normalized spacial score (nSPS) is 20.5. The van der Waals surface area contributed by atoms with E-state index in [1.165, 1.54) is 6.20 Å². The molecule has 7 nitrogen and oxygen atoms in total. The lowest BCUT2D eigenvalue weighted by molar-refractivity contribution is -0.139. The SMILES string of the molecule is Cc1cc(C)cc(OCCC(=O)N2CCC[C@](O)(c3cn[nH]n3)C2)c1. The highest BCUT2D eigenvalue weighted by atomic mass is 16.5. The first kappa shape index (κ1) is 17.4. The van der Waals surface area contributed by atoms with Gasteiger partial charge in [-0.15, -0.1) is 0 Å². The van der Waals surface area contributed by atoms with Gasteiger partial charge in [-0.1, -0.05) is 6.07 Å². The second-order valence-electron chi connectivity index (χ2n) is 6.73. The number of aryl methyl sites for hydroxylation is 2. The van der Waals surface area contributed by atoms with E-state index in [4.69, 9.17) is 4.74 Å². The van der Waals surface area contributed by atoms with Gasteiger partial charge in [0.15, 0.2) is 0 Å². The maximum Gasteiger partial charge on any atom is 0.226 e. The Balaban J connectivity index is 1.54. The molecular formula is C18H24N4O3. The predicted octanol–water partition coefficient (Wildman–Crippen LogP) is 1.70. The number of nitrogens with one attached hydrogen (secondary N) is 1. The van der Waals surface area contributed by atoms with Crippen LogP contribution in [0, 0.1) is 13.8 Å². The summed E-state index contributed by atoms with van der Waals surface area (Å²) in [6.07, 6.45) is 3.09. The summed E-state index contributed by atoms with van der Waals surface area (Å²) in [5.41, 5.74) is 1.62. The Bertz CT molecular complexity index is 712. The highest BCUT2D eigenvalue weighted by Gasteiger charge is 2.38. The number of rotatable bonds is 5. The number of β-amino-alcohol motifs (C(OH)–C–C–N with tert-alkyl or cyclic N) is 1. The Labute approximate surface area is 147 Å².